The molecule has 494 valence electrons. The summed E-state index contributed by atoms with van der Waals surface area (Å²) >= 11 is 0. The van der Waals surface area contributed by atoms with Gasteiger partial charge in [0.25, 0.3) is 7.82 Å². The molecular formula is C75H137N2O7P. The zero-order valence-electron chi connectivity index (χ0n) is 56.6. The van der Waals surface area contributed by atoms with E-state index in [-0.39, 0.29) is 24.9 Å². The van der Waals surface area contributed by atoms with Gasteiger partial charge in [-0.15, -0.1) is 0 Å². The van der Waals surface area contributed by atoms with Gasteiger partial charge < -0.3 is 28.5 Å². The highest BCUT2D eigenvalue weighted by atomic mass is 31.2. The highest BCUT2D eigenvalue weighted by molar-refractivity contribution is 7.45. The Labute approximate surface area is 526 Å². The Balaban J connectivity index is 5.03. The monoisotopic (exact) mass is 1210 g/mol. The van der Waals surface area contributed by atoms with Crippen molar-refractivity contribution in [3.63, 3.8) is 0 Å². The Hall–Kier alpha value is -2.81. The minimum atomic E-state index is -4.71. The first-order valence-electron chi connectivity index (χ1n) is 35.9. The highest BCUT2D eigenvalue weighted by Crippen LogP contribution is 2.38. The smallest absolute Gasteiger partial charge is 0.306 e. The van der Waals surface area contributed by atoms with Crippen LogP contribution in [0, 0.1) is 0 Å². The average molecular weight is 1210 g/mol. The predicted molar refractivity (Wildman–Crippen MR) is 367 cm³/mol. The van der Waals surface area contributed by atoms with Crippen LogP contribution in [-0.2, 0) is 27.9 Å². The van der Waals surface area contributed by atoms with E-state index >= 15 is 0 Å². The van der Waals surface area contributed by atoms with Crippen molar-refractivity contribution in [1.29, 1.82) is 0 Å². The molecule has 0 bridgehead atoms. The predicted octanol–water partition coefficient (Wildman–Crippen LogP) is 22.3. The quantitative estimate of drug-likeness (QED) is 0.0212. The first-order chi connectivity index (χ1) is 41.4. The van der Waals surface area contributed by atoms with Crippen LogP contribution in [0.15, 0.2) is 85.1 Å². The van der Waals surface area contributed by atoms with Crippen LogP contribution in [0.5, 0.6) is 0 Å². The normalized spacial score (nSPS) is 14.0. The largest absolute Gasteiger partial charge is 0.756 e. The molecule has 0 aliphatic heterocycles. The number of allylic oxidation sites excluding steroid dienone is 13. The number of carbonyl (C=O) groups excluding carboxylic acids is 2. The number of carbonyl (C=O) groups is 2. The minimum absolute atomic E-state index is 0.0268. The van der Waals surface area contributed by atoms with E-state index in [0.29, 0.717) is 17.4 Å². The summed E-state index contributed by atoms with van der Waals surface area (Å²) in [7, 11) is 1.18. The van der Waals surface area contributed by atoms with Gasteiger partial charge in [0.15, 0.2) is 0 Å². The van der Waals surface area contributed by atoms with Gasteiger partial charge in [-0.1, -0.05) is 292 Å². The molecule has 1 amide bonds. The van der Waals surface area contributed by atoms with Gasteiger partial charge in [0.2, 0.25) is 5.91 Å². The van der Waals surface area contributed by atoms with E-state index in [1.807, 2.05) is 33.3 Å². The molecule has 0 radical (unpaired) electrons. The Kier molecular flexibility index (Phi) is 62.1. The maximum Gasteiger partial charge on any atom is 0.306 e. The molecule has 1 N–H and O–H groups in total. The van der Waals surface area contributed by atoms with Crippen molar-refractivity contribution in [2.24, 2.45) is 0 Å². The molecule has 3 atom stereocenters. The zero-order valence-corrected chi connectivity index (χ0v) is 57.4. The molecule has 0 fully saturated rings. The third-order valence-electron chi connectivity index (χ3n) is 15.8. The maximum atomic E-state index is 13.6. The fourth-order valence-electron chi connectivity index (χ4n) is 10.2. The van der Waals surface area contributed by atoms with Gasteiger partial charge in [-0.2, -0.15) is 0 Å². The molecule has 0 aromatic rings. The number of amides is 1. The van der Waals surface area contributed by atoms with Crippen LogP contribution in [0.1, 0.15) is 329 Å². The van der Waals surface area contributed by atoms with Crippen molar-refractivity contribution in [3.8, 4) is 0 Å². The molecular weight excluding hydrogens is 1070 g/mol. The average Bonchev–Trinajstić information content (AvgIpc) is 3.62. The summed E-state index contributed by atoms with van der Waals surface area (Å²) in [6.45, 7) is 6.80. The van der Waals surface area contributed by atoms with Crippen molar-refractivity contribution < 1.29 is 37.3 Å². The van der Waals surface area contributed by atoms with Crippen molar-refractivity contribution >= 4 is 19.7 Å². The molecule has 0 aliphatic carbocycles. The molecule has 0 aromatic heterocycles. The fourth-order valence-corrected chi connectivity index (χ4v) is 11.0. The van der Waals surface area contributed by atoms with Crippen LogP contribution in [0.4, 0.5) is 0 Å². The summed E-state index contributed by atoms with van der Waals surface area (Å²) < 4.78 is 30.4. The molecule has 0 spiro atoms. The molecule has 85 heavy (non-hydrogen) atoms. The van der Waals surface area contributed by atoms with E-state index in [0.717, 1.165) is 96.3 Å². The van der Waals surface area contributed by atoms with Crippen molar-refractivity contribution in [1.82, 2.24) is 5.32 Å². The third-order valence-corrected chi connectivity index (χ3v) is 16.8. The number of rotatable bonds is 65. The molecule has 0 aliphatic rings. The zero-order chi connectivity index (χ0) is 62.1. The molecule has 0 rings (SSSR count). The van der Waals surface area contributed by atoms with E-state index in [9.17, 15) is 19.0 Å². The Morgan fingerprint density at radius 3 is 1.09 bits per heavy atom. The van der Waals surface area contributed by atoms with Crippen molar-refractivity contribution in [2.45, 2.75) is 341 Å². The van der Waals surface area contributed by atoms with E-state index in [2.05, 4.69) is 99.0 Å². The van der Waals surface area contributed by atoms with E-state index in [1.54, 1.807) is 0 Å². The van der Waals surface area contributed by atoms with Crippen LogP contribution < -0.4 is 10.2 Å². The number of phosphoric acid groups is 1. The van der Waals surface area contributed by atoms with Crippen LogP contribution in [0.2, 0.25) is 0 Å². The SMILES string of the molecule is CCCCC/C=C\C/C=C\C/C=C\C/C=C\CCCCCCCCCC(=O)NC(COP(=O)([O-])OCC[N+](C)(C)C)C(/C=C/CCCCCCCCCCC)OC(=O)CCCCCCCCCCCCCCCCC/C=C\C/C=C\CCCCC. The number of nitrogens with one attached hydrogen (secondary N) is 1. The van der Waals surface area contributed by atoms with Crippen molar-refractivity contribution in [3.05, 3.63) is 85.1 Å². The molecule has 0 heterocycles. The number of quaternary nitrogens is 1. The topological polar surface area (TPSA) is 114 Å². The second-order valence-electron chi connectivity index (χ2n) is 25.4. The van der Waals surface area contributed by atoms with E-state index in [1.165, 1.54) is 199 Å². The van der Waals surface area contributed by atoms with Crippen LogP contribution in [0.3, 0.4) is 0 Å². The standard InChI is InChI=1S/C75H137N2O7P/c1-7-10-13-16-19-22-25-27-29-31-33-35-37-38-40-42-44-46-48-50-53-56-59-62-65-68-75(79)84-73(66-63-60-57-54-51-24-21-18-15-12-9-3)72(71-83-85(80,81)82-70-69-77(4,5)6)76-74(78)67-64-61-58-55-52-49-47-45-43-41-39-36-34-32-30-28-26-23-20-17-14-11-8-2/h19-20,22-23,27-30,34,36,41,43,63,66,72-73H,7-18,21,24-26,31-33,35,37-40,42,44-62,64-65,67-71H2,1-6H3,(H-,76,78,80,81)/b22-19-,23-20-,29-27-,30-28-,36-34-,43-41-,66-63+. The number of hydrogen-bond donors (Lipinski definition) is 1. The van der Waals surface area contributed by atoms with E-state index < -0.39 is 26.6 Å². The molecule has 3 unspecified atom stereocenters. The summed E-state index contributed by atoms with van der Waals surface area (Å²) in [4.78, 5) is 40.2. The van der Waals surface area contributed by atoms with Gasteiger partial charge in [-0.05, 0) is 109 Å². The van der Waals surface area contributed by atoms with Crippen LogP contribution >= 0.6 is 7.82 Å². The first-order valence-corrected chi connectivity index (χ1v) is 37.4. The highest BCUT2D eigenvalue weighted by Gasteiger charge is 2.27. The van der Waals surface area contributed by atoms with Gasteiger partial charge in [0.1, 0.15) is 19.3 Å². The number of hydrogen-bond acceptors (Lipinski definition) is 7. The number of nitrogens with zero attached hydrogens (tertiary/aromatic N) is 1. The molecule has 0 aromatic carbocycles. The van der Waals surface area contributed by atoms with Crippen molar-refractivity contribution in [2.75, 3.05) is 40.9 Å². The second-order valence-corrected chi connectivity index (χ2v) is 26.8. The van der Waals surface area contributed by atoms with Gasteiger partial charge in [0, 0.05) is 12.8 Å². The van der Waals surface area contributed by atoms with Crippen LogP contribution in [0.25, 0.3) is 0 Å². The molecule has 0 saturated heterocycles. The van der Waals surface area contributed by atoms with Gasteiger partial charge in [-0.25, -0.2) is 0 Å². The molecule has 0 saturated carbocycles. The summed E-state index contributed by atoms with van der Waals surface area (Å²) in [5.41, 5.74) is 0. The lowest BCUT2D eigenvalue weighted by atomic mass is 10.0. The summed E-state index contributed by atoms with van der Waals surface area (Å²) in [5.74, 6) is -0.547. The lowest BCUT2D eigenvalue weighted by molar-refractivity contribution is -0.870. The summed E-state index contributed by atoms with van der Waals surface area (Å²) in [5, 5.41) is 3.04. The van der Waals surface area contributed by atoms with Gasteiger partial charge in [0.05, 0.1) is 33.8 Å². The third kappa shape index (κ3) is 65.5. The second kappa shape index (κ2) is 64.2. The Morgan fingerprint density at radius 2 is 0.718 bits per heavy atom. The lowest BCUT2D eigenvalue weighted by Crippen LogP contribution is -2.47. The fraction of sp³-hybridized carbons (Fsp3) is 0.787. The van der Waals surface area contributed by atoms with Crippen LogP contribution in [-0.4, -0.2) is 69.4 Å². The lowest BCUT2D eigenvalue weighted by Gasteiger charge is -2.30. The Bertz CT molecular complexity index is 1730. The van der Waals surface area contributed by atoms with E-state index in [4.69, 9.17) is 13.8 Å². The summed E-state index contributed by atoms with van der Waals surface area (Å²) in [6.07, 6.45) is 85.6. The number of phosphoric ester groups is 1. The number of esters is 1. The number of ether oxygens (including phenoxy) is 1. The number of likely N-dealkylation sites (N-methyl/N-ethyl adjacent to an activating group) is 1. The first kappa shape index (κ1) is 82.2. The molecule has 9 nitrogen and oxygen atoms in total. The Morgan fingerprint density at radius 1 is 0.412 bits per heavy atom. The van der Waals surface area contributed by atoms with Gasteiger partial charge in [-0.3, -0.25) is 14.2 Å². The number of unbranched alkanes of at least 4 members (excludes halogenated alkanes) is 37. The minimum Gasteiger partial charge on any atom is -0.756 e. The summed E-state index contributed by atoms with van der Waals surface area (Å²) in [6, 6.07) is -0.898. The van der Waals surface area contributed by atoms with Gasteiger partial charge >= 0.3 is 5.97 Å². The maximum absolute atomic E-state index is 13.6. The molecule has 10 heteroatoms.